The number of esters is 1. The lowest BCUT2D eigenvalue weighted by Crippen LogP contribution is -2.57. The highest BCUT2D eigenvalue weighted by molar-refractivity contribution is 6.06. The number of carbonyl (C=O) groups is 4. The highest BCUT2D eigenvalue weighted by atomic mass is 16.6. The number of allylic oxidation sites excluding steroid dienone is 1. The van der Waals surface area contributed by atoms with E-state index in [0.29, 0.717) is 23.2 Å². The third kappa shape index (κ3) is 5.93. The monoisotopic (exact) mass is 703 g/mol. The summed E-state index contributed by atoms with van der Waals surface area (Å²) in [4.78, 5) is 63.1. The number of aryl methyl sites for hydroxylation is 2. The topological polar surface area (TPSA) is 117 Å². The lowest BCUT2D eigenvalue weighted by Gasteiger charge is -2.39. The molecule has 1 N–H and O–H groups in total. The Balaban J connectivity index is 1.39. The first kappa shape index (κ1) is 35.3. The summed E-state index contributed by atoms with van der Waals surface area (Å²) in [5, 5.41) is 10.9. The van der Waals surface area contributed by atoms with Gasteiger partial charge in [0.25, 0.3) is 5.91 Å². The van der Waals surface area contributed by atoms with Crippen LogP contribution in [0.25, 0.3) is 0 Å². The minimum atomic E-state index is -1.50. The Morgan fingerprint density at radius 2 is 1.63 bits per heavy atom. The molecule has 4 aliphatic rings. The fourth-order valence-corrected chi connectivity index (χ4v) is 8.39. The molecule has 3 aromatic rings. The quantitative estimate of drug-likeness (QED) is 0.294. The number of ether oxygens (including phenoxy) is 2. The van der Waals surface area contributed by atoms with Crippen LogP contribution >= 0.6 is 0 Å². The number of aliphatic hydroxyl groups excluding tert-OH is 1. The van der Waals surface area contributed by atoms with Gasteiger partial charge in [-0.15, -0.1) is 0 Å². The zero-order valence-corrected chi connectivity index (χ0v) is 29.9. The molecule has 5 bridgehead atoms. The molecule has 0 aliphatic carbocycles. The summed E-state index contributed by atoms with van der Waals surface area (Å²) in [7, 11) is 1.70. The Morgan fingerprint density at radius 1 is 0.923 bits per heavy atom. The molecule has 1 spiro atoms. The maximum absolute atomic E-state index is 15.4. The molecule has 4 heterocycles. The lowest BCUT2D eigenvalue weighted by molar-refractivity contribution is -0.164. The normalized spacial score (nSPS) is 30.4. The van der Waals surface area contributed by atoms with Crippen LogP contribution < -0.4 is 4.90 Å². The molecule has 3 aromatic carbocycles. The zero-order chi connectivity index (χ0) is 36.7. The molecule has 2 fully saturated rings. The van der Waals surface area contributed by atoms with E-state index in [1.165, 1.54) is 4.90 Å². The number of hydrogen-bond donors (Lipinski definition) is 1. The number of nitrogens with zero attached hydrogens (tertiary/aromatic N) is 3. The molecule has 3 amide bonds. The van der Waals surface area contributed by atoms with Crippen molar-refractivity contribution in [3.05, 3.63) is 125 Å². The van der Waals surface area contributed by atoms with Crippen LogP contribution in [0.1, 0.15) is 54.2 Å². The molecule has 2 saturated heterocycles. The highest BCUT2D eigenvalue weighted by Gasteiger charge is 2.74. The third-order valence-corrected chi connectivity index (χ3v) is 11.2. The Kier molecular flexibility index (Phi) is 9.63. The molecule has 0 aromatic heterocycles. The van der Waals surface area contributed by atoms with Crippen LogP contribution in [-0.2, 0) is 28.7 Å². The molecule has 10 heteroatoms. The van der Waals surface area contributed by atoms with Gasteiger partial charge in [0.05, 0.1) is 30.7 Å². The summed E-state index contributed by atoms with van der Waals surface area (Å²) in [6.07, 6.45) is 6.27. The number of amides is 3. The summed E-state index contributed by atoms with van der Waals surface area (Å²) in [5.41, 5.74) is 2.33. The third-order valence-electron chi connectivity index (χ3n) is 11.2. The number of fused-ring (bicyclic) bond motifs is 2. The largest absolute Gasteiger partial charge is 0.455 e. The van der Waals surface area contributed by atoms with Crippen molar-refractivity contribution in [1.82, 2.24) is 9.80 Å². The van der Waals surface area contributed by atoms with Crippen molar-refractivity contribution in [2.24, 2.45) is 11.8 Å². The van der Waals surface area contributed by atoms with Gasteiger partial charge in [-0.2, -0.15) is 0 Å². The van der Waals surface area contributed by atoms with Crippen LogP contribution in [0, 0.1) is 25.7 Å². The molecule has 0 saturated carbocycles. The number of likely N-dealkylation sites (tertiary alicyclic amines) is 1. The fraction of sp³-hybridized carbons (Fsp3) is 0.381. The average Bonchev–Trinajstić information content (AvgIpc) is 3.80. The number of anilines is 1. The van der Waals surface area contributed by atoms with Crippen molar-refractivity contribution >= 4 is 29.4 Å². The second kappa shape index (κ2) is 14.2. The number of hydrogen-bond acceptors (Lipinski definition) is 7. The van der Waals surface area contributed by atoms with Gasteiger partial charge in [0.1, 0.15) is 23.7 Å². The molecular formula is C42H45N3O7. The van der Waals surface area contributed by atoms with Crippen LogP contribution in [0.5, 0.6) is 0 Å². The van der Waals surface area contributed by atoms with E-state index in [1.807, 2.05) is 112 Å². The van der Waals surface area contributed by atoms with E-state index in [-0.39, 0.29) is 18.9 Å². The van der Waals surface area contributed by atoms with E-state index in [9.17, 15) is 14.7 Å². The van der Waals surface area contributed by atoms with E-state index in [0.717, 1.165) is 11.1 Å². The molecule has 0 unspecified atom stereocenters. The van der Waals surface area contributed by atoms with Crippen LogP contribution in [0.15, 0.2) is 103 Å². The fourth-order valence-electron chi connectivity index (χ4n) is 8.39. The van der Waals surface area contributed by atoms with Gasteiger partial charge >= 0.3 is 5.97 Å². The van der Waals surface area contributed by atoms with Gasteiger partial charge in [-0.25, -0.2) is 0 Å². The van der Waals surface area contributed by atoms with Gasteiger partial charge in [-0.3, -0.25) is 19.2 Å². The Hall–Kier alpha value is -5.06. The number of rotatable bonds is 5. The standard InChI is InChI=1S/C42H45N3O7/c1-26-19-20-27(2)31(24-26)44-23-13-7-12-18-34(47)43(4)28(3)37(30-16-10-6-11-17-30)51-41(50)35-33-21-22-42(52-33)36(35)39(48)45(38(42)40(44)49)32(25-46)29-14-8-5-9-15-29/h5-11,13-17,19-22,24,28,32-33,35-38,46H,12,18,23,25H2,1-4H3/b13-7-/t28-,32-,33+,35-,36-,37+,38+,42-/m1/s1. The molecule has 52 heavy (non-hydrogen) atoms. The van der Waals surface area contributed by atoms with Crippen LogP contribution in [0.3, 0.4) is 0 Å². The lowest BCUT2D eigenvalue weighted by atomic mass is 9.74. The van der Waals surface area contributed by atoms with Crippen LogP contribution in [0.2, 0.25) is 0 Å². The predicted octanol–water partition coefficient (Wildman–Crippen LogP) is 5.00. The van der Waals surface area contributed by atoms with Crippen molar-refractivity contribution in [2.45, 2.75) is 69.5 Å². The number of cyclic esters (lactones) is 1. The van der Waals surface area contributed by atoms with Gasteiger partial charge in [0.2, 0.25) is 11.8 Å². The number of likely N-dealkylation sites (N-methyl/N-ethyl adjacent to an activating group) is 1. The van der Waals surface area contributed by atoms with Crippen molar-refractivity contribution < 1.29 is 33.8 Å². The second-order valence-electron chi connectivity index (χ2n) is 14.3. The summed E-state index contributed by atoms with van der Waals surface area (Å²) in [6, 6.07) is 21.6. The molecule has 0 radical (unpaired) electrons. The maximum atomic E-state index is 15.4. The van der Waals surface area contributed by atoms with E-state index in [4.69, 9.17) is 9.47 Å². The molecular weight excluding hydrogens is 658 g/mol. The average molecular weight is 704 g/mol. The Bertz CT molecular complexity index is 1910. The van der Waals surface area contributed by atoms with Gasteiger partial charge in [0.15, 0.2) is 0 Å². The summed E-state index contributed by atoms with van der Waals surface area (Å²) < 4.78 is 13.0. The SMILES string of the molecule is Cc1ccc(C)c(N2C/C=C\CCC(=O)N(C)[C@H](C)[C@@H](c3ccccc3)OC(=O)[C@@H]3[C@@H]4C=C[C@]5(O4)[C@H](C2=O)N([C@H](CO)c2ccccc2)C(=O)[C@@H]35)c1. The Morgan fingerprint density at radius 3 is 2.35 bits per heavy atom. The second-order valence-corrected chi connectivity index (χ2v) is 14.3. The van der Waals surface area contributed by atoms with Crippen molar-refractivity contribution in [2.75, 3.05) is 25.1 Å². The van der Waals surface area contributed by atoms with Crippen LogP contribution in [-0.4, -0.2) is 82.6 Å². The first-order valence-electron chi connectivity index (χ1n) is 18.0. The van der Waals surface area contributed by atoms with E-state index < -0.39 is 72.2 Å². The molecule has 10 nitrogen and oxygen atoms in total. The van der Waals surface area contributed by atoms with Gasteiger partial charge in [-0.05, 0) is 55.5 Å². The van der Waals surface area contributed by atoms with E-state index in [2.05, 4.69) is 0 Å². The Labute approximate surface area is 304 Å². The van der Waals surface area contributed by atoms with Crippen LogP contribution in [0.4, 0.5) is 5.69 Å². The molecule has 8 atom stereocenters. The van der Waals surface area contributed by atoms with Crippen molar-refractivity contribution in [3.8, 4) is 0 Å². The van der Waals surface area contributed by atoms with Gasteiger partial charge in [-0.1, -0.05) is 97.1 Å². The number of benzene rings is 3. The van der Waals surface area contributed by atoms with E-state index >= 15 is 9.59 Å². The first-order chi connectivity index (χ1) is 25.1. The molecule has 4 aliphatic heterocycles. The minimum absolute atomic E-state index is 0.119. The summed E-state index contributed by atoms with van der Waals surface area (Å²) in [5.74, 6) is -3.81. The number of aliphatic hydroxyl groups is 1. The zero-order valence-electron chi connectivity index (χ0n) is 29.9. The maximum Gasteiger partial charge on any atom is 0.313 e. The highest BCUT2D eigenvalue weighted by Crippen LogP contribution is 2.57. The first-order valence-corrected chi connectivity index (χ1v) is 18.0. The summed E-state index contributed by atoms with van der Waals surface area (Å²) in [6.45, 7) is 5.42. The molecule has 270 valence electrons. The van der Waals surface area contributed by atoms with Gasteiger partial charge in [0, 0.05) is 25.7 Å². The van der Waals surface area contributed by atoms with Crippen molar-refractivity contribution in [1.29, 1.82) is 0 Å². The van der Waals surface area contributed by atoms with E-state index in [1.54, 1.807) is 29.0 Å². The smallest absolute Gasteiger partial charge is 0.313 e. The van der Waals surface area contributed by atoms with Gasteiger partial charge < -0.3 is 29.3 Å². The number of carbonyl (C=O) groups excluding carboxylic acids is 4. The van der Waals surface area contributed by atoms with Crippen molar-refractivity contribution in [3.63, 3.8) is 0 Å². The molecule has 7 rings (SSSR count). The minimum Gasteiger partial charge on any atom is -0.455 e. The summed E-state index contributed by atoms with van der Waals surface area (Å²) >= 11 is 0. The predicted molar refractivity (Wildman–Crippen MR) is 195 cm³/mol.